The van der Waals surface area contributed by atoms with Gasteiger partial charge in [-0.15, -0.1) is 0 Å². The molecule has 2 rings (SSSR count). The van der Waals surface area contributed by atoms with E-state index in [2.05, 4.69) is 33.8 Å². The number of nitrogens with one attached hydrogen (secondary N) is 1. The summed E-state index contributed by atoms with van der Waals surface area (Å²) in [6.07, 6.45) is 8.50. The van der Waals surface area contributed by atoms with Crippen LogP contribution in [0.3, 0.4) is 0 Å². The lowest BCUT2D eigenvalue weighted by Crippen LogP contribution is -2.31. The van der Waals surface area contributed by atoms with E-state index in [9.17, 15) is 0 Å². The summed E-state index contributed by atoms with van der Waals surface area (Å²) < 4.78 is 0. The molecule has 3 heteroatoms. The molecule has 53 valence electrons. The Kier molecular flexibility index (Phi) is 1.34. The molecule has 3 nitrogen and oxygen atoms in total. The third kappa shape index (κ3) is 0.875. The molecular weight excluding hydrogens is 126 g/mol. The summed E-state index contributed by atoms with van der Waals surface area (Å²) in [5, 5.41) is 2.96. The first kappa shape index (κ1) is 5.77. The molecule has 0 spiro atoms. The van der Waals surface area contributed by atoms with E-state index < -0.39 is 0 Å². The van der Waals surface area contributed by atoms with E-state index in [-0.39, 0.29) is 0 Å². The van der Waals surface area contributed by atoms with E-state index in [1.165, 1.54) is 0 Å². The first-order valence-electron chi connectivity index (χ1n) is 3.57. The van der Waals surface area contributed by atoms with Gasteiger partial charge < -0.3 is 10.2 Å². The Bertz CT molecular complexity index is 154. The Morgan fingerprint density at radius 2 is 2.70 bits per heavy atom. The van der Waals surface area contributed by atoms with E-state index in [0.29, 0.717) is 6.17 Å². The number of aliphatic imine (C=N–C) groups is 1. The van der Waals surface area contributed by atoms with E-state index in [1.807, 2.05) is 0 Å². The molecule has 10 heavy (non-hydrogen) atoms. The summed E-state index contributed by atoms with van der Waals surface area (Å²) >= 11 is 0. The van der Waals surface area contributed by atoms with Crippen molar-refractivity contribution in [1.29, 1.82) is 0 Å². The third-order valence-electron chi connectivity index (χ3n) is 1.81. The molecule has 1 N–H and O–H groups in total. The normalized spacial score (nSPS) is 29.6. The standard InChI is InChI=1S/C7H10N3/c1-2-4-10(3-1)7-5-8-6-9-7/h1,3,7H,2,4-5H2,(H,8,9). The van der Waals surface area contributed by atoms with Crippen LogP contribution in [0.5, 0.6) is 0 Å². The highest BCUT2D eigenvalue weighted by Crippen LogP contribution is 2.10. The Balaban J connectivity index is 1.98. The van der Waals surface area contributed by atoms with Crippen molar-refractivity contribution in [2.45, 2.75) is 12.6 Å². The molecule has 0 fully saturated rings. The SMILES string of the molecule is [C]1=NC(N2C=CCC2)CN1. The van der Waals surface area contributed by atoms with Gasteiger partial charge in [-0.3, -0.25) is 0 Å². The van der Waals surface area contributed by atoms with Gasteiger partial charge in [0.1, 0.15) is 6.17 Å². The monoisotopic (exact) mass is 136 g/mol. The average Bonchev–Trinajstić information content (AvgIpc) is 2.59. The Morgan fingerprint density at radius 1 is 1.70 bits per heavy atom. The van der Waals surface area contributed by atoms with Crippen molar-refractivity contribution < 1.29 is 0 Å². The van der Waals surface area contributed by atoms with E-state index in [0.717, 1.165) is 19.5 Å². The zero-order valence-corrected chi connectivity index (χ0v) is 5.75. The predicted octanol–water partition coefficient (Wildman–Crippen LogP) is 0.0404. The fraction of sp³-hybridized carbons (Fsp3) is 0.571. The Morgan fingerprint density at radius 3 is 3.30 bits per heavy atom. The van der Waals surface area contributed by atoms with Crippen LogP contribution in [0.4, 0.5) is 0 Å². The molecule has 1 unspecified atom stereocenters. The van der Waals surface area contributed by atoms with Crippen LogP contribution in [0.1, 0.15) is 6.42 Å². The zero-order chi connectivity index (χ0) is 6.81. The molecule has 2 aliphatic rings. The molecule has 1 atom stereocenters. The summed E-state index contributed by atoms with van der Waals surface area (Å²) in [7, 11) is 0. The Hall–Kier alpha value is -0.990. The molecule has 0 aromatic rings. The van der Waals surface area contributed by atoms with Crippen molar-refractivity contribution in [3.63, 3.8) is 0 Å². The van der Waals surface area contributed by atoms with Gasteiger partial charge in [-0.1, -0.05) is 6.08 Å². The molecule has 0 bridgehead atoms. The quantitative estimate of drug-likeness (QED) is 0.551. The molecule has 0 saturated heterocycles. The lowest BCUT2D eigenvalue weighted by atomic mass is 10.4. The third-order valence-corrected chi connectivity index (χ3v) is 1.81. The van der Waals surface area contributed by atoms with Gasteiger partial charge in [-0.2, -0.15) is 0 Å². The van der Waals surface area contributed by atoms with Gasteiger partial charge in [-0.25, -0.2) is 4.99 Å². The number of hydrogen-bond donors (Lipinski definition) is 1. The van der Waals surface area contributed by atoms with Crippen molar-refractivity contribution >= 4 is 6.34 Å². The number of rotatable bonds is 1. The first-order chi connectivity index (χ1) is 4.97. The van der Waals surface area contributed by atoms with Crippen LogP contribution in [0, 0.1) is 0 Å². The van der Waals surface area contributed by atoms with Crippen LogP contribution in [-0.2, 0) is 0 Å². The van der Waals surface area contributed by atoms with Crippen LogP contribution in [-0.4, -0.2) is 30.5 Å². The summed E-state index contributed by atoms with van der Waals surface area (Å²) in [6, 6.07) is 0. The van der Waals surface area contributed by atoms with E-state index in [1.54, 1.807) is 0 Å². The van der Waals surface area contributed by atoms with Gasteiger partial charge in [-0.05, 0) is 12.6 Å². The largest absolute Gasteiger partial charge is 0.363 e. The van der Waals surface area contributed by atoms with Gasteiger partial charge in [0, 0.05) is 6.54 Å². The Labute approximate surface area is 60.4 Å². The maximum Gasteiger partial charge on any atom is 0.166 e. The fourth-order valence-corrected chi connectivity index (χ4v) is 1.25. The van der Waals surface area contributed by atoms with Gasteiger partial charge in [0.2, 0.25) is 0 Å². The van der Waals surface area contributed by atoms with E-state index in [4.69, 9.17) is 0 Å². The maximum absolute atomic E-state index is 4.13. The minimum absolute atomic E-state index is 0.304. The topological polar surface area (TPSA) is 27.6 Å². The van der Waals surface area contributed by atoms with Crippen LogP contribution in [0.2, 0.25) is 0 Å². The highest BCUT2D eigenvalue weighted by atomic mass is 15.3. The summed E-state index contributed by atoms with van der Waals surface area (Å²) in [5.41, 5.74) is 0. The second kappa shape index (κ2) is 2.33. The van der Waals surface area contributed by atoms with Crippen molar-refractivity contribution in [3.05, 3.63) is 12.3 Å². The minimum atomic E-state index is 0.304. The molecule has 1 radical (unpaired) electrons. The van der Waals surface area contributed by atoms with Gasteiger partial charge >= 0.3 is 0 Å². The van der Waals surface area contributed by atoms with Gasteiger partial charge in [0.05, 0.1) is 6.54 Å². The second-order valence-electron chi connectivity index (χ2n) is 2.51. The van der Waals surface area contributed by atoms with Crippen molar-refractivity contribution in [2.24, 2.45) is 4.99 Å². The molecule has 0 aromatic heterocycles. The lowest BCUT2D eigenvalue weighted by Gasteiger charge is -2.19. The molecule has 2 aliphatic heterocycles. The summed E-state index contributed by atoms with van der Waals surface area (Å²) in [5.74, 6) is 0. The number of hydrogen-bond acceptors (Lipinski definition) is 3. The summed E-state index contributed by atoms with van der Waals surface area (Å²) in [6.45, 7) is 2.02. The second-order valence-corrected chi connectivity index (χ2v) is 2.51. The molecule has 0 amide bonds. The first-order valence-corrected chi connectivity index (χ1v) is 3.57. The molecule has 0 aromatic carbocycles. The van der Waals surface area contributed by atoms with Crippen LogP contribution >= 0.6 is 0 Å². The predicted molar refractivity (Wildman–Crippen MR) is 39.7 cm³/mol. The fourth-order valence-electron chi connectivity index (χ4n) is 1.25. The highest BCUT2D eigenvalue weighted by molar-refractivity contribution is 5.57. The van der Waals surface area contributed by atoms with Crippen LogP contribution < -0.4 is 5.32 Å². The molecule has 2 heterocycles. The van der Waals surface area contributed by atoms with E-state index >= 15 is 0 Å². The van der Waals surface area contributed by atoms with Gasteiger partial charge in [0.25, 0.3) is 0 Å². The average molecular weight is 136 g/mol. The van der Waals surface area contributed by atoms with Crippen LogP contribution in [0.25, 0.3) is 0 Å². The van der Waals surface area contributed by atoms with Crippen molar-refractivity contribution in [2.75, 3.05) is 13.1 Å². The van der Waals surface area contributed by atoms with Crippen LogP contribution in [0.15, 0.2) is 17.3 Å². The smallest absolute Gasteiger partial charge is 0.166 e. The minimum Gasteiger partial charge on any atom is -0.363 e. The molecule has 0 aliphatic carbocycles. The van der Waals surface area contributed by atoms with Gasteiger partial charge in [0.15, 0.2) is 6.34 Å². The summed E-state index contributed by atoms with van der Waals surface area (Å²) in [4.78, 5) is 6.36. The zero-order valence-electron chi connectivity index (χ0n) is 5.75. The number of nitrogens with zero attached hydrogens (tertiary/aromatic N) is 2. The van der Waals surface area contributed by atoms with Crippen molar-refractivity contribution in [1.82, 2.24) is 10.2 Å². The highest BCUT2D eigenvalue weighted by Gasteiger charge is 2.17. The molecule has 0 saturated carbocycles. The van der Waals surface area contributed by atoms with Crippen molar-refractivity contribution in [3.8, 4) is 0 Å². The maximum atomic E-state index is 4.13. The molecular formula is C7H10N3. The lowest BCUT2D eigenvalue weighted by molar-refractivity contribution is 0.316.